The Hall–Kier alpha value is -3.21. The van der Waals surface area contributed by atoms with Crippen LogP contribution in [0.2, 0.25) is 0 Å². The van der Waals surface area contributed by atoms with Gasteiger partial charge >= 0.3 is 0 Å². The van der Waals surface area contributed by atoms with Gasteiger partial charge in [0.2, 0.25) is 0 Å². The molecule has 0 atom stereocenters. The molecule has 3 rings (SSSR count). The molecule has 2 N–H and O–H groups in total. The standard InChI is InChI=1S/C22H22FN3O/c1-15(2)18-8-4-6-10-20(18)26-22(27)21-13-17(11-12-24-21)25-14-16-7-3-5-9-19(16)23/h3-13,15H,14H2,1-2H3,(H,24,25)(H,26,27). The number of halogens is 1. The quantitative estimate of drug-likeness (QED) is 0.632. The minimum atomic E-state index is -0.280. The maximum absolute atomic E-state index is 13.7. The van der Waals surface area contributed by atoms with Crippen molar-refractivity contribution in [3.63, 3.8) is 0 Å². The molecule has 0 unspecified atom stereocenters. The number of carbonyl (C=O) groups excluding carboxylic acids is 1. The second-order valence-corrected chi connectivity index (χ2v) is 6.57. The Morgan fingerprint density at radius 2 is 1.81 bits per heavy atom. The van der Waals surface area contributed by atoms with Gasteiger partial charge in [-0.25, -0.2) is 4.39 Å². The molecule has 1 heterocycles. The Morgan fingerprint density at radius 1 is 1.07 bits per heavy atom. The fourth-order valence-corrected chi connectivity index (χ4v) is 2.80. The lowest BCUT2D eigenvalue weighted by atomic mass is 10.0. The predicted octanol–water partition coefficient (Wildman–Crippen LogP) is 5.21. The fraction of sp³-hybridized carbons (Fsp3) is 0.182. The Labute approximate surface area is 158 Å². The lowest BCUT2D eigenvalue weighted by molar-refractivity contribution is 0.102. The highest BCUT2D eigenvalue weighted by Gasteiger charge is 2.12. The molecule has 0 spiro atoms. The van der Waals surface area contributed by atoms with Gasteiger partial charge in [-0.2, -0.15) is 0 Å². The van der Waals surface area contributed by atoms with Crippen molar-refractivity contribution in [3.8, 4) is 0 Å². The van der Waals surface area contributed by atoms with Crippen molar-refractivity contribution in [1.82, 2.24) is 4.98 Å². The Bertz CT molecular complexity index is 940. The van der Waals surface area contributed by atoms with Crippen molar-refractivity contribution in [2.24, 2.45) is 0 Å². The molecular formula is C22H22FN3O. The number of anilines is 2. The van der Waals surface area contributed by atoms with E-state index in [0.29, 0.717) is 29.4 Å². The maximum atomic E-state index is 13.7. The number of nitrogens with one attached hydrogen (secondary N) is 2. The Balaban J connectivity index is 1.72. The van der Waals surface area contributed by atoms with Crippen molar-refractivity contribution >= 4 is 17.3 Å². The zero-order chi connectivity index (χ0) is 19.2. The lowest BCUT2D eigenvalue weighted by Crippen LogP contribution is -2.15. The molecule has 27 heavy (non-hydrogen) atoms. The van der Waals surface area contributed by atoms with Gasteiger partial charge in [-0.15, -0.1) is 0 Å². The molecule has 0 saturated carbocycles. The van der Waals surface area contributed by atoms with Crippen LogP contribution < -0.4 is 10.6 Å². The van der Waals surface area contributed by atoms with Crippen LogP contribution in [0.3, 0.4) is 0 Å². The first-order valence-electron chi connectivity index (χ1n) is 8.88. The monoisotopic (exact) mass is 363 g/mol. The summed E-state index contributed by atoms with van der Waals surface area (Å²) in [6.45, 7) is 4.49. The number of amides is 1. The summed E-state index contributed by atoms with van der Waals surface area (Å²) in [4.78, 5) is 16.8. The predicted molar refractivity (Wildman–Crippen MR) is 106 cm³/mol. The molecule has 0 radical (unpaired) electrons. The molecule has 0 fully saturated rings. The Morgan fingerprint density at radius 3 is 2.59 bits per heavy atom. The first-order chi connectivity index (χ1) is 13.0. The molecule has 0 aliphatic carbocycles. The molecule has 1 aromatic heterocycles. The molecular weight excluding hydrogens is 341 g/mol. The third-order valence-corrected chi connectivity index (χ3v) is 4.26. The van der Waals surface area contributed by atoms with Crippen molar-refractivity contribution < 1.29 is 9.18 Å². The van der Waals surface area contributed by atoms with E-state index >= 15 is 0 Å². The summed E-state index contributed by atoms with van der Waals surface area (Å²) in [6.07, 6.45) is 1.56. The summed E-state index contributed by atoms with van der Waals surface area (Å²) < 4.78 is 13.7. The van der Waals surface area contributed by atoms with Crippen LogP contribution in [-0.2, 0) is 6.54 Å². The molecule has 3 aromatic rings. The molecule has 138 valence electrons. The summed E-state index contributed by atoms with van der Waals surface area (Å²) in [5.41, 5.74) is 3.41. The topological polar surface area (TPSA) is 54.0 Å². The summed E-state index contributed by atoms with van der Waals surface area (Å²) in [5.74, 6) is -0.247. The number of pyridine rings is 1. The van der Waals surface area contributed by atoms with Crippen LogP contribution >= 0.6 is 0 Å². The van der Waals surface area contributed by atoms with E-state index in [-0.39, 0.29) is 11.7 Å². The van der Waals surface area contributed by atoms with Crippen molar-refractivity contribution in [2.45, 2.75) is 26.3 Å². The van der Waals surface area contributed by atoms with Crippen LogP contribution in [0.4, 0.5) is 15.8 Å². The minimum absolute atomic E-state index is 0.262. The zero-order valence-corrected chi connectivity index (χ0v) is 15.4. The third kappa shape index (κ3) is 4.70. The zero-order valence-electron chi connectivity index (χ0n) is 15.4. The summed E-state index contributed by atoms with van der Waals surface area (Å²) >= 11 is 0. The van der Waals surface area contributed by atoms with Gasteiger partial charge in [-0.3, -0.25) is 9.78 Å². The summed E-state index contributed by atoms with van der Waals surface area (Å²) in [5, 5.41) is 6.06. The van der Waals surface area contributed by atoms with Gasteiger partial charge in [-0.1, -0.05) is 50.2 Å². The van der Waals surface area contributed by atoms with E-state index < -0.39 is 0 Å². The van der Waals surface area contributed by atoms with Crippen molar-refractivity contribution in [1.29, 1.82) is 0 Å². The SMILES string of the molecule is CC(C)c1ccccc1NC(=O)c1cc(NCc2ccccc2F)ccn1. The fourth-order valence-electron chi connectivity index (χ4n) is 2.80. The van der Waals surface area contributed by atoms with Crippen LogP contribution in [0, 0.1) is 5.82 Å². The first kappa shape index (κ1) is 18.6. The molecule has 4 nitrogen and oxygen atoms in total. The van der Waals surface area contributed by atoms with Crippen LogP contribution in [0.25, 0.3) is 0 Å². The highest BCUT2D eigenvalue weighted by Crippen LogP contribution is 2.24. The maximum Gasteiger partial charge on any atom is 0.274 e. The average molecular weight is 363 g/mol. The Kier molecular flexibility index (Phi) is 5.81. The molecule has 1 amide bonds. The lowest BCUT2D eigenvalue weighted by Gasteiger charge is -2.14. The van der Waals surface area contributed by atoms with Gasteiger partial charge in [0, 0.05) is 29.7 Å². The van der Waals surface area contributed by atoms with Crippen LogP contribution in [-0.4, -0.2) is 10.9 Å². The van der Waals surface area contributed by atoms with Crippen LogP contribution in [0.5, 0.6) is 0 Å². The van der Waals surface area contributed by atoms with Crippen LogP contribution in [0.15, 0.2) is 66.9 Å². The molecule has 0 aliphatic rings. The minimum Gasteiger partial charge on any atom is -0.381 e. The highest BCUT2D eigenvalue weighted by atomic mass is 19.1. The van der Waals surface area contributed by atoms with E-state index in [9.17, 15) is 9.18 Å². The summed E-state index contributed by atoms with van der Waals surface area (Å²) in [7, 11) is 0. The normalized spacial score (nSPS) is 10.7. The van der Waals surface area contributed by atoms with Gasteiger partial charge in [0.05, 0.1) is 0 Å². The van der Waals surface area contributed by atoms with Crippen LogP contribution in [0.1, 0.15) is 41.4 Å². The van der Waals surface area contributed by atoms with E-state index in [0.717, 1.165) is 11.3 Å². The molecule has 0 aliphatic heterocycles. The largest absolute Gasteiger partial charge is 0.381 e. The molecule has 0 saturated heterocycles. The van der Waals surface area contributed by atoms with E-state index in [2.05, 4.69) is 29.5 Å². The van der Waals surface area contributed by atoms with Gasteiger partial charge < -0.3 is 10.6 Å². The smallest absolute Gasteiger partial charge is 0.274 e. The number of hydrogen-bond donors (Lipinski definition) is 2. The highest BCUT2D eigenvalue weighted by molar-refractivity contribution is 6.03. The number of carbonyl (C=O) groups is 1. The average Bonchev–Trinajstić information content (AvgIpc) is 2.68. The number of nitrogens with zero attached hydrogens (tertiary/aromatic N) is 1. The van der Waals surface area contributed by atoms with Gasteiger partial charge in [0.1, 0.15) is 11.5 Å². The van der Waals surface area contributed by atoms with Gasteiger partial charge in [0.25, 0.3) is 5.91 Å². The van der Waals surface area contributed by atoms with Crippen molar-refractivity contribution in [2.75, 3.05) is 10.6 Å². The molecule has 2 aromatic carbocycles. The first-order valence-corrected chi connectivity index (χ1v) is 8.88. The molecule has 0 bridgehead atoms. The van der Waals surface area contributed by atoms with E-state index in [4.69, 9.17) is 0 Å². The summed E-state index contributed by atoms with van der Waals surface area (Å²) in [6, 6.07) is 17.7. The van der Waals surface area contributed by atoms with Gasteiger partial charge in [-0.05, 0) is 35.7 Å². The number of hydrogen-bond acceptors (Lipinski definition) is 3. The van der Waals surface area contributed by atoms with E-state index in [1.807, 2.05) is 24.3 Å². The number of para-hydroxylation sites is 1. The number of aromatic nitrogens is 1. The van der Waals surface area contributed by atoms with E-state index in [1.165, 1.54) is 6.07 Å². The third-order valence-electron chi connectivity index (χ3n) is 4.26. The number of benzene rings is 2. The second-order valence-electron chi connectivity index (χ2n) is 6.57. The second kappa shape index (κ2) is 8.45. The molecule has 5 heteroatoms. The van der Waals surface area contributed by atoms with Crippen molar-refractivity contribution in [3.05, 3.63) is 89.5 Å². The van der Waals surface area contributed by atoms with Gasteiger partial charge in [0.15, 0.2) is 0 Å². The number of rotatable bonds is 6. The van der Waals surface area contributed by atoms with E-state index in [1.54, 1.807) is 36.5 Å².